The maximum absolute atomic E-state index is 12.4. The molecule has 1 fully saturated rings. The Labute approximate surface area is 116 Å². The fourth-order valence-electron chi connectivity index (χ4n) is 2.38. The lowest BCUT2D eigenvalue weighted by Crippen LogP contribution is -2.38. The van der Waals surface area contributed by atoms with Gasteiger partial charge in [-0.1, -0.05) is 25.0 Å². The molecule has 106 valence electrons. The summed E-state index contributed by atoms with van der Waals surface area (Å²) in [5, 5.41) is 3.46. The minimum atomic E-state index is -4.27. The molecule has 0 saturated heterocycles. The van der Waals surface area contributed by atoms with Crippen LogP contribution in [0, 0.1) is 0 Å². The molecule has 5 heteroatoms. The molecule has 1 nitrogen and oxygen atoms in total. The van der Waals surface area contributed by atoms with Crippen molar-refractivity contribution < 1.29 is 13.2 Å². The number of nitrogens with one attached hydrogen (secondary N) is 1. The molecule has 0 heterocycles. The van der Waals surface area contributed by atoms with E-state index < -0.39 is 11.7 Å². The van der Waals surface area contributed by atoms with E-state index in [2.05, 4.69) is 5.32 Å². The SMILES string of the molecule is FC(F)(F)c1ccc(CNC2CCCCC2Cl)cc1. The number of alkyl halides is 4. The quantitative estimate of drug-likeness (QED) is 0.817. The summed E-state index contributed by atoms with van der Waals surface area (Å²) in [6, 6.07) is 5.54. The Hall–Kier alpha value is -0.740. The number of rotatable bonds is 3. The summed E-state index contributed by atoms with van der Waals surface area (Å²) >= 11 is 6.22. The highest BCUT2D eigenvalue weighted by Crippen LogP contribution is 2.29. The van der Waals surface area contributed by atoms with Crippen LogP contribution in [-0.2, 0) is 12.7 Å². The maximum atomic E-state index is 12.4. The van der Waals surface area contributed by atoms with Crippen LogP contribution >= 0.6 is 11.6 Å². The Morgan fingerprint density at radius 3 is 2.32 bits per heavy atom. The lowest BCUT2D eigenvalue weighted by molar-refractivity contribution is -0.137. The molecular formula is C14H17ClF3N. The summed E-state index contributed by atoms with van der Waals surface area (Å²) in [4.78, 5) is 0. The van der Waals surface area contributed by atoms with Gasteiger partial charge in [0.2, 0.25) is 0 Å². The van der Waals surface area contributed by atoms with Gasteiger partial charge in [-0.15, -0.1) is 11.6 Å². The van der Waals surface area contributed by atoms with E-state index in [1.54, 1.807) is 0 Å². The van der Waals surface area contributed by atoms with Crippen molar-refractivity contribution in [2.24, 2.45) is 0 Å². The predicted octanol–water partition coefficient (Wildman–Crippen LogP) is 4.35. The van der Waals surface area contributed by atoms with Gasteiger partial charge in [0.25, 0.3) is 0 Å². The summed E-state index contributed by atoms with van der Waals surface area (Å²) in [6.07, 6.45) is 0.0954. The zero-order valence-corrected chi connectivity index (χ0v) is 11.3. The van der Waals surface area contributed by atoms with Crippen molar-refractivity contribution in [2.45, 2.75) is 49.8 Å². The Kier molecular flexibility index (Phi) is 4.74. The number of hydrogen-bond acceptors (Lipinski definition) is 1. The van der Waals surface area contributed by atoms with Gasteiger partial charge in [0.15, 0.2) is 0 Å². The van der Waals surface area contributed by atoms with Crippen LogP contribution in [0.15, 0.2) is 24.3 Å². The van der Waals surface area contributed by atoms with Crippen LogP contribution in [0.4, 0.5) is 13.2 Å². The van der Waals surface area contributed by atoms with E-state index in [0.29, 0.717) is 6.54 Å². The Morgan fingerprint density at radius 1 is 1.11 bits per heavy atom. The molecule has 0 radical (unpaired) electrons. The summed E-state index contributed by atoms with van der Waals surface area (Å²) in [5.74, 6) is 0. The molecule has 1 aromatic rings. The van der Waals surface area contributed by atoms with Crippen molar-refractivity contribution in [1.82, 2.24) is 5.32 Å². The summed E-state index contributed by atoms with van der Waals surface area (Å²) in [7, 11) is 0. The van der Waals surface area contributed by atoms with Gasteiger partial charge in [0.1, 0.15) is 0 Å². The number of benzene rings is 1. The molecular weight excluding hydrogens is 275 g/mol. The lowest BCUT2D eigenvalue weighted by Gasteiger charge is -2.28. The van der Waals surface area contributed by atoms with Crippen LogP contribution in [0.2, 0.25) is 0 Å². The second kappa shape index (κ2) is 6.14. The van der Waals surface area contributed by atoms with Gasteiger partial charge in [0, 0.05) is 18.0 Å². The highest BCUT2D eigenvalue weighted by atomic mass is 35.5. The van der Waals surface area contributed by atoms with E-state index in [1.807, 2.05) is 0 Å². The van der Waals surface area contributed by atoms with Gasteiger partial charge in [0.05, 0.1) is 5.56 Å². The van der Waals surface area contributed by atoms with Gasteiger partial charge < -0.3 is 5.32 Å². The van der Waals surface area contributed by atoms with Crippen LogP contribution in [0.25, 0.3) is 0 Å². The first-order valence-corrected chi connectivity index (χ1v) is 6.94. The maximum Gasteiger partial charge on any atom is 0.416 e. The molecule has 2 rings (SSSR count). The second-order valence-electron chi connectivity index (χ2n) is 4.98. The standard InChI is InChI=1S/C14H17ClF3N/c15-12-3-1-2-4-13(12)19-9-10-5-7-11(8-6-10)14(16,17)18/h5-8,12-13,19H,1-4,9H2. The van der Waals surface area contributed by atoms with Crippen molar-refractivity contribution in [2.75, 3.05) is 0 Å². The molecule has 2 atom stereocenters. The van der Waals surface area contributed by atoms with E-state index in [1.165, 1.54) is 12.1 Å². The molecule has 2 unspecified atom stereocenters. The third-order valence-electron chi connectivity index (χ3n) is 3.53. The first kappa shape index (κ1) is 14.7. The van der Waals surface area contributed by atoms with E-state index >= 15 is 0 Å². The van der Waals surface area contributed by atoms with Gasteiger partial charge in [-0.25, -0.2) is 0 Å². The zero-order chi connectivity index (χ0) is 13.9. The highest BCUT2D eigenvalue weighted by Gasteiger charge is 2.30. The topological polar surface area (TPSA) is 12.0 Å². The molecule has 0 amide bonds. The van der Waals surface area contributed by atoms with Crippen molar-refractivity contribution in [3.63, 3.8) is 0 Å². The van der Waals surface area contributed by atoms with Crippen molar-refractivity contribution in [3.8, 4) is 0 Å². The molecule has 0 bridgehead atoms. The molecule has 1 aliphatic carbocycles. The van der Waals surface area contributed by atoms with E-state index in [9.17, 15) is 13.2 Å². The zero-order valence-electron chi connectivity index (χ0n) is 10.5. The third-order valence-corrected chi connectivity index (χ3v) is 4.05. The van der Waals surface area contributed by atoms with E-state index in [-0.39, 0.29) is 11.4 Å². The van der Waals surface area contributed by atoms with Crippen LogP contribution < -0.4 is 5.32 Å². The first-order chi connectivity index (χ1) is 8.97. The minimum Gasteiger partial charge on any atom is -0.308 e. The van der Waals surface area contributed by atoms with Crippen LogP contribution in [-0.4, -0.2) is 11.4 Å². The minimum absolute atomic E-state index is 0.128. The third kappa shape index (κ3) is 4.11. The van der Waals surface area contributed by atoms with Crippen LogP contribution in [0.1, 0.15) is 36.8 Å². The average Bonchev–Trinajstić information content (AvgIpc) is 2.37. The fourth-order valence-corrected chi connectivity index (χ4v) is 2.75. The molecule has 0 aromatic heterocycles. The number of hydrogen-bond donors (Lipinski definition) is 1. The van der Waals surface area contributed by atoms with Gasteiger partial charge >= 0.3 is 6.18 Å². The summed E-state index contributed by atoms with van der Waals surface area (Å²) in [5.41, 5.74) is 0.242. The summed E-state index contributed by atoms with van der Waals surface area (Å²) in [6.45, 7) is 0.562. The van der Waals surface area contributed by atoms with Crippen LogP contribution in [0.5, 0.6) is 0 Å². The molecule has 0 spiro atoms. The second-order valence-corrected chi connectivity index (χ2v) is 5.54. The molecule has 1 aromatic carbocycles. The molecule has 0 aliphatic heterocycles. The summed E-state index contributed by atoms with van der Waals surface area (Å²) < 4.78 is 37.2. The largest absolute Gasteiger partial charge is 0.416 e. The Bertz CT molecular complexity index is 402. The van der Waals surface area contributed by atoms with Crippen molar-refractivity contribution in [1.29, 1.82) is 0 Å². The first-order valence-electron chi connectivity index (χ1n) is 6.50. The molecule has 19 heavy (non-hydrogen) atoms. The normalized spacial score (nSPS) is 24.4. The van der Waals surface area contributed by atoms with Crippen molar-refractivity contribution in [3.05, 3.63) is 35.4 Å². The predicted molar refractivity (Wildman–Crippen MR) is 70.2 cm³/mol. The van der Waals surface area contributed by atoms with Gasteiger partial charge in [-0.05, 0) is 30.5 Å². The highest BCUT2D eigenvalue weighted by molar-refractivity contribution is 6.21. The van der Waals surface area contributed by atoms with Gasteiger partial charge in [-0.3, -0.25) is 0 Å². The van der Waals surface area contributed by atoms with Crippen molar-refractivity contribution >= 4 is 11.6 Å². The number of halogens is 4. The molecule has 1 saturated carbocycles. The van der Waals surface area contributed by atoms with Gasteiger partial charge in [-0.2, -0.15) is 13.2 Å². The van der Waals surface area contributed by atoms with E-state index in [4.69, 9.17) is 11.6 Å². The molecule has 1 N–H and O–H groups in total. The Morgan fingerprint density at radius 2 is 1.74 bits per heavy atom. The van der Waals surface area contributed by atoms with E-state index in [0.717, 1.165) is 43.4 Å². The monoisotopic (exact) mass is 291 g/mol. The molecule has 1 aliphatic rings. The smallest absolute Gasteiger partial charge is 0.308 e. The van der Waals surface area contributed by atoms with Crippen LogP contribution in [0.3, 0.4) is 0 Å². The lowest BCUT2D eigenvalue weighted by atomic mass is 9.95. The fraction of sp³-hybridized carbons (Fsp3) is 0.571. The Balaban J connectivity index is 1.89. The average molecular weight is 292 g/mol.